The number of piperidine rings is 1. The van der Waals surface area contributed by atoms with Crippen LogP contribution in [0.1, 0.15) is 51.5 Å². The first kappa shape index (κ1) is 28.7. The van der Waals surface area contributed by atoms with Gasteiger partial charge in [-0.05, 0) is 55.5 Å². The van der Waals surface area contributed by atoms with Gasteiger partial charge in [0.05, 0.1) is 18.6 Å². The number of likely N-dealkylation sites (tertiary alicyclic amines) is 1. The SMILES string of the molecule is CCCC(=O)N1CCC(N(Cc2ccc(OC)cc2)C(=O)CN(CCC)S(=O)(=O)c2ccccc2)CC1. The van der Waals surface area contributed by atoms with Gasteiger partial charge in [-0.15, -0.1) is 0 Å². The summed E-state index contributed by atoms with van der Waals surface area (Å²) in [6.07, 6.45) is 3.26. The van der Waals surface area contributed by atoms with Gasteiger partial charge in [0.2, 0.25) is 21.8 Å². The Hall–Kier alpha value is -2.91. The molecule has 1 heterocycles. The Morgan fingerprint density at radius 1 is 0.973 bits per heavy atom. The summed E-state index contributed by atoms with van der Waals surface area (Å²) in [5, 5.41) is 0. The van der Waals surface area contributed by atoms with Gasteiger partial charge in [-0.25, -0.2) is 8.42 Å². The highest BCUT2D eigenvalue weighted by atomic mass is 32.2. The molecule has 9 heteroatoms. The second-order valence-corrected chi connectivity index (χ2v) is 11.3. The molecule has 2 amide bonds. The molecule has 0 aliphatic carbocycles. The van der Waals surface area contributed by atoms with Crippen LogP contribution in [0.4, 0.5) is 0 Å². The molecule has 0 N–H and O–H groups in total. The normalized spacial score (nSPS) is 14.5. The van der Waals surface area contributed by atoms with Crippen molar-refractivity contribution in [1.82, 2.24) is 14.1 Å². The highest BCUT2D eigenvalue weighted by Crippen LogP contribution is 2.23. The third-order valence-corrected chi connectivity index (χ3v) is 8.58. The number of hydrogen-bond donors (Lipinski definition) is 0. The topological polar surface area (TPSA) is 87.2 Å². The average molecular weight is 530 g/mol. The third kappa shape index (κ3) is 7.55. The number of amides is 2. The van der Waals surface area contributed by atoms with Crippen molar-refractivity contribution in [2.75, 3.05) is 33.3 Å². The van der Waals surface area contributed by atoms with Gasteiger partial charge in [-0.1, -0.05) is 44.2 Å². The first-order chi connectivity index (χ1) is 17.8. The number of nitrogens with zero attached hydrogens (tertiary/aromatic N) is 3. The van der Waals surface area contributed by atoms with Gasteiger partial charge in [-0.3, -0.25) is 9.59 Å². The van der Waals surface area contributed by atoms with Gasteiger partial charge in [0.1, 0.15) is 5.75 Å². The molecule has 37 heavy (non-hydrogen) atoms. The minimum Gasteiger partial charge on any atom is -0.497 e. The summed E-state index contributed by atoms with van der Waals surface area (Å²) in [5.41, 5.74) is 0.937. The van der Waals surface area contributed by atoms with Crippen LogP contribution in [0.2, 0.25) is 0 Å². The van der Waals surface area contributed by atoms with E-state index in [-0.39, 0.29) is 35.8 Å². The van der Waals surface area contributed by atoms with Crippen LogP contribution in [0.25, 0.3) is 0 Å². The van der Waals surface area contributed by atoms with Crippen LogP contribution in [0.15, 0.2) is 59.5 Å². The van der Waals surface area contributed by atoms with Crippen molar-refractivity contribution in [2.24, 2.45) is 0 Å². The van der Waals surface area contributed by atoms with Crippen LogP contribution in [0, 0.1) is 0 Å². The smallest absolute Gasteiger partial charge is 0.243 e. The van der Waals surface area contributed by atoms with Crippen LogP contribution >= 0.6 is 0 Å². The molecule has 1 fully saturated rings. The molecule has 1 saturated heterocycles. The number of sulfonamides is 1. The largest absolute Gasteiger partial charge is 0.497 e. The zero-order chi connectivity index (χ0) is 26.8. The summed E-state index contributed by atoms with van der Waals surface area (Å²) < 4.78 is 33.3. The van der Waals surface area contributed by atoms with Crippen molar-refractivity contribution in [3.05, 3.63) is 60.2 Å². The lowest BCUT2D eigenvalue weighted by Crippen LogP contribution is -2.51. The average Bonchev–Trinajstić information content (AvgIpc) is 2.92. The first-order valence-corrected chi connectivity index (χ1v) is 14.5. The molecular weight excluding hydrogens is 490 g/mol. The Morgan fingerprint density at radius 2 is 1.62 bits per heavy atom. The van der Waals surface area contributed by atoms with Gasteiger partial charge >= 0.3 is 0 Å². The fraction of sp³-hybridized carbons (Fsp3) is 0.500. The summed E-state index contributed by atoms with van der Waals surface area (Å²) in [4.78, 5) is 30.0. The van der Waals surface area contributed by atoms with E-state index in [1.165, 1.54) is 4.31 Å². The Morgan fingerprint density at radius 3 is 2.19 bits per heavy atom. The predicted octanol–water partition coefficient (Wildman–Crippen LogP) is 3.92. The maximum absolute atomic E-state index is 13.8. The molecule has 2 aromatic carbocycles. The van der Waals surface area contributed by atoms with Crippen molar-refractivity contribution in [3.63, 3.8) is 0 Å². The number of carbonyl (C=O) groups is 2. The van der Waals surface area contributed by atoms with E-state index in [2.05, 4.69) is 0 Å². The van der Waals surface area contributed by atoms with E-state index >= 15 is 0 Å². The van der Waals surface area contributed by atoms with Gasteiger partial charge < -0.3 is 14.5 Å². The summed E-state index contributed by atoms with van der Waals surface area (Å²) in [7, 11) is -2.21. The highest BCUT2D eigenvalue weighted by Gasteiger charge is 2.33. The maximum Gasteiger partial charge on any atom is 0.243 e. The van der Waals surface area contributed by atoms with Crippen LogP contribution in [-0.4, -0.2) is 73.7 Å². The number of benzene rings is 2. The second kappa shape index (κ2) is 13.6. The van der Waals surface area contributed by atoms with E-state index in [0.29, 0.717) is 45.3 Å². The van der Waals surface area contributed by atoms with Crippen molar-refractivity contribution >= 4 is 21.8 Å². The van der Waals surface area contributed by atoms with E-state index in [9.17, 15) is 18.0 Å². The molecule has 0 spiro atoms. The van der Waals surface area contributed by atoms with Crippen molar-refractivity contribution < 1.29 is 22.7 Å². The van der Waals surface area contributed by atoms with E-state index in [1.807, 2.05) is 43.0 Å². The highest BCUT2D eigenvalue weighted by molar-refractivity contribution is 7.89. The van der Waals surface area contributed by atoms with E-state index in [1.54, 1.807) is 42.3 Å². The summed E-state index contributed by atoms with van der Waals surface area (Å²) in [6.45, 7) is 5.47. The third-order valence-electron chi connectivity index (χ3n) is 6.72. The minimum atomic E-state index is -3.81. The monoisotopic (exact) mass is 529 g/mol. The number of ether oxygens (including phenoxy) is 1. The molecule has 8 nitrogen and oxygen atoms in total. The fourth-order valence-corrected chi connectivity index (χ4v) is 6.17. The number of hydrogen-bond acceptors (Lipinski definition) is 5. The zero-order valence-electron chi connectivity index (χ0n) is 22.1. The standard InChI is InChI=1S/C28H39N3O5S/c1-4-9-27(32)29-19-16-24(17-20-29)31(21-23-12-14-25(36-3)15-13-23)28(33)22-30(18-5-2)37(34,35)26-10-7-6-8-11-26/h6-8,10-15,24H,4-5,9,16-22H2,1-3H3. The molecule has 2 aromatic rings. The van der Waals surface area contributed by atoms with E-state index < -0.39 is 10.0 Å². The molecule has 202 valence electrons. The predicted molar refractivity (Wildman–Crippen MR) is 144 cm³/mol. The lowest BCUT2D eigenvalue weighted by molar-refractivity contribution is -0.137. The zero-order valence-corrected chi connectivity index (χ0v) is 23.0. The summed E-state index contributed by atoms with van der Waals surface area (Å²) >= 11 is 0. The lowest BCUT2D eigenvalue weighted by Gasteiger charge is -2.39. The number of carbonyl (C=O) groups excluding carboxylic acids is 2. The van der Waals surface area contributed by atoms with Crippen LogP contribution < -0.4 is 4.74 Å². The molecule has 0 aromatic heterocycles. The van der Waals surface area contributed by atoms with Crippen molar-refractivity contribution in [1.29, 1.82) is 0 Å². The quantitative estimate of drug-likeness (QED) is 0.416. The first-order valence-electron chi connectivity index (χ1n) is 13.1. The molecule has 1 aliphatic heterocycles. The Kier molecular flexibility index (Phi) is 10.5. The van der Waals surface area contributed by atoms with Gasteiger partial charge in [-0.2, -0.15) is 4.31 Å². The van der Waals surface area contributed by atoms with Gasteiger partial charge in [0.15, 0.2) is 0 Å². The Bertz CT molecular complexity index is 1110. The van der Waals surface area contributed by atoms with Crippen molar-refractivity contribution in [3.8, 4) is 5.75 Å². The van der Waals surface area contributed by atoms with Crippen LogP contribution in [0.5, 0.6) is 5.75 Å². The van der Waals surface area contributed by atoms with Crippen molar-refractivity contribution in [2.45, 2.75) is 63.4 Å². The Labute approximate surface area is 221 Å². The summed E-state index contributed by atoms with van der Waals surface area (Å²) in [5.74, 6) is 0.645. The Balaban J connectivity index is 1.82. The molecule has 0 radical (unpaired) electrons. The lowest BCUT2D eigenvalue weighted by atomic mass is 10.0. The van der Waals surface area contributed by atoms with E-state index in [4.69, 9.17) is 4.74 Å². The molecule has 1 aliphatic rings. The van der Waals surface area contributed by atoms with Gasteiger partial charge in [0, 0.05) is 38.6 Å². The molecule has 0 unspecified atom stereocenters. The molecule has 0 atom stereocenters. The van der Waals surface area contributed by atoms with Gasteiger partial charge in [0.25, 0.3) is 0 Å². The van der Waals surface area contributed by atoms with Crippen LogP contribution in [-0.2, 0) is 26.2 Å². The molecule has 0 saturated carbocycles. The minimum absolute atomic E-state index is 0.0804. The van der Waals surface area contributed by atoms with E-state index in [0.717, 1.165) is 17.7 Å². The molecule has 0 bridgehead atoms. The van der Waals surface area contributed by atoms with Crippen LogP contribution in [0.3, 0.4) is 0 Å². The second-order valence-electron chi connectivity index (χ2n) is 9.38. The number of rotatable bonds is 12. The number of methoxy groups -OCH3 is 1. The molecule has 3 rings (SSSR count). The fourth-order valence-electron chi connectivity index (χ4n) is 4.66. The maximum atomic E-state index is 13.8. The summed E-state index contributed by atoms with van der Waals surface area (Å²) in [6, 6.07) is 15.7. The molecular formula is C28H39N3O5S.